The van der Waals surface area contributed by atoms with Crippen LogP contribution in [0.1, 0.15) is 12.5 Å². The number of aliphatic hydroxyl groups is 1. The van der Waals surface area contributed by atoms with Crippen molar-refractivity contribution in [2.45, 2.75) is 19.9 Å². The molecule has 0 bridgehead atoms. The lowest BCUT2D eigenvalue weighted by Gasteiger charge is -2.02. The molecule has 1 aromatic rings. The highest BCUT2D eigenvalue weighted by molar-refractivity contribution is 8.16. The molecule has 3 nitrogen and oxygen atoms in total. The second-order valence-electron chi connectivity index (χ2n) is 4.07. The molecule has 1 heterocycles. The van der Waals surface area contributed by atoms with Crippen molar-refractivity contribution in [1.82, 2.24) is 0 Å². The van der Waals surface area contributed by atoms with Crippen LogP contribution in [0.2, 0.25) is 0 Å². The van der Waals surface area contributed by atoms with Gasteiger partial charge in [0, 0.05) is 5.75 Å². The van der Waals surface area contributed by atoms with Crippen LogP contribution in [0.25, 0.3) is 0 Å². The summed E-state index contributed by atoms with van der Waals surface area (Å²) in [4.78, 5) is 9.02. The Kier molecular flexibility index (Phi) is 3.97. The van der Waals surface area contributed by atoms with E-state index < -0.39 is 0 Å². The number of aliphatic hydroxyl groups excluding tert-OH is 1. The summed E-state index contributed by atoms with van der Waals surface area (Å²) < 4.78 is 0. The number of hydrogen-bond acceptors (Lipinski definition) is 4. The molecule has 17 heavy (non-hydrogen) atoms. The second kappa shape index (κ2) is 5.47. The fourth-order valence-corrected chi connectivity index (χ4v) is 2.63. The van der Waals surface area contributed by atoms with E-state index in [0.29, 0.717) is 0 Å². The summed E-state index contributed by atoms with van der Waals surface area (Å²) in [6, 6.07) is 8.08. The average molecular weight is 248 g/mol. The number of thioether (sulfide) groups is 1. The Morgan fingerprint density at radius 1 is 1.53 bits per heavy atom. The van der Waals surface area contributed by atoms with E-state index in [1.165, 1.54) is 0 Å². The van der Waals surface area contributed by atoms with Crippen LogP contribution < -0.4 is 0 Å². The maximum atomic E-state index is 9.04. The summed E-state index contributed by atoms with van der Waals surface area (Å²) in [7, 11) is 0. The first-order valence-electron chi connectivity index (χ1n) is 5.63. The number of nitrogens with zero attached hydrogens (tertiary/aromatic N) is 2. The van der Waals surface area contributed by atoms with Gasteiger partial charge in [0.05, 0.1) is 24.0 Å². The van der Waals surface area contributed by atoms with Crippen LogP contribution in [0.5, 0.6) is 0 Å². The number of para-hydroxylation sites is 1. The SMILES string of the molecule is CC(=Nc1ccccc1C)C1=N[C@@H](CO)CS1. The molecule has 0 fully saturated rings. The Morgan fingerprint density at radius 3 is 2.94 bits per heavy atom. The molecule has 0 saturated carbocycles. The zero-order valence-corrected chi connectivity index (χ0v) is 10.9. The fourth-order valence-electron chi connectivity index (χ4n) is 1.62. The maximum absolute atomic E-state index is 9.04. The summed E-state index contributed by atoms with van der Waals surface area (Å²) in [6.07, 6.45) is 0. The normalized spacial score (nSPS) is 20.5. The quantitative estimate of drug-likeness (QED) is 0.836. The van der Waals surface area contributed by atoms with Crippen molar-refractivity contribution in [3.8, 4) is 0 Å². The highest BCUT2D eigenvalue weighted by Crippen LogP contribution is 2.22. The molecule has 1 aliphatic heterocycles. The van der Waals surface area contributed by atoms with E-state index in [1.54, 1.807) is 11.8 Å². The van der Waals surface area contributed by atoms with E-state index in [1.807, 2.05) is 38.1 Å². The Balaban J connectivity index is 2.21. The first kappa shape index (κ1) is 12.3. The first-order chi connectivity index (χ1) is 8.20. The Morgan fingerprint density at radius 2 is 2.29 bits per heavy atom. The molecule has 0 saturated heterocycles. The summed E-state index contributed by atoms with van der Waals surface area (Å²) in [6.45, 7) is 4.14. The second-order valence-corrected chi connectivity index (χ2v) is 5.07. The molecule has 0 unspecified atom stereocenters. The third kappa shape index (κ3) is 2.96. The number of aryl methyl sites for hydroxylation is 1. The monoisotopic (exact) mass is 248 g/mol. The number of benzene rings is 1. The molecular weight excluding hydrogens is 232 g/mol. The Labute approximate surface area is 106 Å². The fraction of sp³-hybridized carbons (Fsp3) is 0.385. The highest BCUT2D eigenvalue weighted by Gasteiger charge is 2.19. The lowest BCUT2D eigenvalue weighted by atomic mass is 10.2. The molecule has 1 N–H and O–H groups in total. The molecule has 0 aliphatic carbocycles. The van der Waals surface area contributed by atoms with Gasteiger partial charge in [0.1, 0.15) is 5.04 Å². The highest BCUT2D eigenvalue weighted by atomic mass is 32.2. The Bertz CT molecular complexity index is 468. The molecule has 90 valence electrons. The largest absolute Gasteiger partial charge is 0.394 e. The molecule has 0 amide bonds. The van der Waals surface area contributed by atoms with Crippen molar-refractivity contribution in [2.75, 3.05) is 12.4 Å². The zero-order valence-electron chi connectivity index (χ0n) is 10.1. The van der Waals surface area contributed by atoms with E-state index in [4.69, 9.17) is 5.11 Å². The molecule has 0 radical (unpaired) electrons. The standard InChI is InChI=1S/C13H16N2OS/c1-9-5-3-4-6-12(9)14-10(2)13-15-11(7-16)8-17-13/h3-6,11,16H,7-8H2,1-2H3/t11-/m0/s1. The summed E-state index contributed by atoms with van der Waals surface area (Å²) in [5, 5.41) is 9.99. The van der Waals surface area contributed by atoms with E-state index >= 15 is 0 Å². The zero-order chi connectivity index (χ0) is 12.3. The van der Waals surface area contributed by atoms with Crippen LogP contribution >= 0.6 is 11.8 Å². The lowest BCUT2D eigenvalue weighted by Crippen LogP contribution is -2.08. The van der Waals surface area contributed by atoms with E-state index in [2.05, 4.69) is 9.98 Å². The third-order valence-corrected chi connectivity index (χ3v) is 3.86. The van der Waals surface area contributed by atoms with Gasteiger partial charge in [0.2, 0.25) is 0 Å². The minimum Gasteiger partial charge on any atom is -0.394 e. The molecule has 2 rings (SSSR count). The molecule has 1 aromatic carbocycles. The molecular formula is C13H16N2OS. The topological polar surface area (TPSA) is 45.0 Å². The Hall–Kier alpha value is -1.13. The number of aliphatic imine (C=N–C) groups is 2. The van der Waals surface area contributed by atoms with Gasteiger partial charge in [-0.25, -0.2) is 0 Å². The van der Waals surface area contributed by atoms with Gasteiger partial charge in [-0.15, -0.1) is 11.8 Å². The predicted octanol–water partition coefficient (Wildman–Crippen LogP) is 2.59. The van der Waals surface area contributed by atoms with Crippen LogP contribution in [0, 0.1) is 6.92 Å². The van der Waals surface area contributed by atoms with Crippen LogP contribution in [0.15, 0.2) is 34.3 Å². The summed E-state index contributed by atoms with van der Waals surface area (Å²) in [5.41, 5.74) is 3.08. The van der Waals surface area contributed by atoms with Gasteiger partial charge < -0.3 is 5.11 Å². The van der Waals surface area contributed by atoms with Crippen molar-refractivity contribution in [1.29, 1.82) is 0 Å². The van der Waals surface area contributed by atoms with Crippen LogP contribution in [0.3, 0.4) is 0 Å². The van der Waals surface area contributed by atoms with Crippen molar-refractivity contribution in [2.24, 2.45) is 9.98 Å². The van der Waals surface area contributed by atoms with Gasteiger partial charge in [0.15, 0.2) is 0 Å². The van der Waals surface area contributed by atoms with Crippen LogP contribution in [0.4, 0.5) is 5.69 Å². The third-order valence-electron chi connectivity index (χ3n) is 2.64. The van der Waals surface area contributed by atoms with Gasteiger partial charge >= 0.3 is 0 Å². The average Bonchev–Trinajstić information content (AvgIpc) is 2.81. The number of rotatable bonds is 3. The minimum atomic E-state index is 0.0389. The smallest absolute Gasteiger partial charge is 0.112 e. The van der Waals surface area contributed by atoms with Gasteiger partial charge in [-0.3, -0.25) is 9.98 Å². The van der Waals surface area contributed by atoms with Gasteiger partial charge in [-0.05, 0) is 25.5 Å². The van der Waals surface area contributed by atoms with Crippen molar-refractivity contribution >= 4 is 28.2 Å². The molecule has 4 heteroatoms. The summed E-state index contributed by atoms with van der Waals surface area (Å²) >= 11 is 1.67. The molecule has 0 spiro atoms. The van der Waals surface area contributed by atoms with Crippen molar-refractivity contribution in [3.63, 3.8) is 0 Å². The van der Waals surface area contributed by atoms with Crippen molar-refractivity contribution < 1.29 is 5.11 Å². The molecule has 0 aromatic heterocycles. The number of hydrogen-bond donors (Lipinski definition) is 1. The van der Waals surface area contributed by atoms with Gasteiger partial charge in [-0.2, -0.15) is 0 Å². The first-order valence-corrected chi connectivity index (χ1v) is 6.62. The van der Waals surface area contributed by atoms with Crippen LogP contribution in [-0.4, -0.2) is 34.3 Å². The van der Waals surface area contributed by atoms with Gasteiger partial charge in [0.25, 0.3) is 0 Å². The maximum Gasteiger partial charge on any atom is 0.112 e. The lowest BCUT2D eigenvalue weighted by molar-refractivity contribution is 0.277. The predicted molar refractivity (Wildman–Crippen MR) is 74.7 cm³/mol. The van der Waals surface area contributed by atoms with E-state index in [-0.39, 0.29) is 12.6 Å². The van der Waals surface area contributed by atoms with E-state index in [0.717, 1.165) is 27.8 Å². The van der Waals surface area contributed by atoms with Gasteiger partial charge in [-0.1, -0.05) is 18.2 Å². The molecule has 1 aliphatic rings. The van der Waals surface area contributed by atoms with Crippen molar-refractivity contribution in [3.05, 3.63) is 29.8 Å². The van der Waals surface area contributed by atoms with Crippen LogP contribution in [-0.2, 0) is 0 Å². The minimum absolute atomic E-state index is 0.0389. The molecule has 1 atom stereocenters. The van der Waals surface area contributed by atoms with E-state index in [9.17, 15) is 0 Å². The summed E-state index contributed by atoms with van der Waals surface area (Å²) in [5.74, 6) is 0.854.